The summed E-state index contributed by atoms with van der Waals surface area (Å²) in [5.41, 5.74) is 2.07. The van der Waals surface area contributed by atoms with E-state index < -0.39 is 0 Å². The van der Waals surface area contributed by atoms with Gasteiger partial charge in [-0.3, -0.25) is 4.79 Å². The third kappa shape index (κ3) is 3.93. The van der Waals surface area contributed by atoms with E-state index in [9.17, 15) is 4.79 Å². The number of aryl methyl sites for hydroxylation is 1. The minimum absolute atomic E-state index is 0.0377. The molecule has 110 valence electrons. The monoisotopic (exact) mass is 388 g/mol. The maximum Gasteiger partial charge on any atom is 0.231 e. The molecule has 1 aliphatic heterocycles. The number of hydrogen-bond acceptors (Lipinski definition) is 3. The molecular formula is C15H21IN2O2. The highest BCUT2D eigenvalue weighted by Crippen LogP contribution is 2.20. The van der Waals surface area contributed by atoms with E-state index in [2.05, 4.69) is 47.1 Å². The topological polar surface area (TPSA) is 50.4 Å². The molecule has 1 aromatic carbocycles. The van der Waals surface area contributed by atoms with Gasteiger partial charge in [-0.1, -0.05) is 13.0 Å². The van der Waals surface area contributed by atoms with Crippen LogP contribution in [0.15, 0.2) is 18.2 Å². The van der Waals surface area contributed by atoms with Gasteiger partial charge in [0, 0.05) is 15.3 Å². The summed E-state index contributed by atoms with van der Waals surface area (Å²) in [6, 6.07) is 6.09. The summed E-state index contributed by atoms with van der Waals surface area (Å²) < 4.78 is 6.60. The Morgan fingerprint density at radius 1 is 1.45 bits per heavy atom. The highest BCUT2D eigenvalue weighted by molar-refractivity contribution is 14.1. The Morgan fingerprint density at radius 3 is 2.95 bits per heavy atom. The van der Waals surface area contributed by atoms with Crippen LogP contribution in [-0.4, -0.2) is 31.7 Å². The van der Waals surface area contributed by atoms with Crippen molar-refractivity contribution in [2.75, 3.05) is 25.1 Å². The molecule has 0 aromatic heterocycles. The number of halogens is 1. The average Bonchev–Trinajstić information content (AvgIpc) is 2.89. The maximum atomic E-state index is 12.4. The van der Waals surface area contributed by atoms with Crippen LogP contribution in [-0.2, 0) is 9.53 Å². The Morgan fingerprint density at radius 2 is 2.25 bits per heavy atom. The molecule has 5 heteroatoms. The molecule has 0 aliphatic carbocycles. The first-order chi connectivity index (χ1) is 9.61. The summed E-state index contributed by atoms with van der Waals surface area (Å²) >= 11 is 2.28. The first kappa shape index (κ1) is 15.7. The van der Waals surface area contributed by atoms with Crippen LogP contribution in [0.25, 0.3) is 0 Å². The molecule has 2 N–H and O–H groups in total. The molecular weight excluding hydrogens is 367 g/mol. The van der Waals surface area contributed by atoms with E-state index in [-0.39, 0.29) is 17.9 Å². The fourth-order valence-corrected chi connectivity index (χ4v) is 2.76. The van der Waals surface area contributed by atoms with Gasteiger partial charge in [-0.15, -0.1) is 0 Å². The molecule has 1 aromatic rings. The van der Waals surface area contributed by atoms with Gasteiger partial charge in [0.1, 0.15) is 0 Å². The van der Waals surface area contributed by atoms with Crippen LogP contribution in [0, 0.1) is 16.4 Å². The van der Waals surface area contributed by atoms with E-state index in [1.54, 1.807) is 0 Å². The number of carbonyl (C=O) groups excluding carboxylic acids is 1. The van der Waals surface area contributed by atoms with Gasteiger partial charge in [0.15, 0.2) is 0 Å². The van der Waals surface area contributed by atoms with Crippen molar-refractivity contribution >= 4 is 34.2 Å². The van der Waals surface area contributed by atoms with Crippen molar-refractivity contribution in [2.24, 2.45) is 5.92 Å². The van der Waals surface area contributed by atoms with Crippen molar-refractivity contribution in [3.05, 3.63) is 27.3 Å². The third-order valence-electron chi connectivity index (χ3n) is 3.51. The van der Waals surface area contributed by atoms with E-state index in [0.29, 0.717) is 13.2 Å². The van der Waals surface area contributed by atoms with Gasteiger partial charge in [-0.05, 0) is 60.2 Å². The molecule has 0 saturated carbocycles. The summed E-state index contributed by atoms with van der Waals surface area (Å²) in [6.07, 6.45) is 1.06. The van der Waals surface area contributed by atoms with Gasteiger partial charge in [-0.2, -0.15) is 0 Å². The molecule has 1 saturated heterocycles. The largest absolute Gasteiger partial charge is 0.379 e. The average molecular weight is 388 g/mol. The van der Waals surface area contributed by atoms with E-state index in [1.807, 2.05) is 18.2 Å². The number of ether oxygens (including phenoxy) is 1. The lowest BCUT2D eigenvalue weighted by Gasteiger charge is -2.18. The molecule has 0 spiro atoms. The Bertz CT molecular complexity index is 479. The molecule has 1 fully saturated rings. The zero-order valence-electron chi connectivity index (χ0n) is 11.9. The van der Waals surface area contributed by atoms with Crippen LogP contribution in [0.5, 0.6) is 0 Å². The Kier molecular flexibility index (Phi) is 5.80. The second kappa shape index (κ2) is 7.38. The predicted octanol–water partition coefficient (Wildman–Crippen LogP) is 2.55. The lowest BCUT2D eigenvalue weighted by atomic mass is 10.0. The number of amides is 1. The fraction of sp³-hybridized carbons (Fsp3) is 0.533. The second-order valence-corrected chi connectivity index (χ2v) is 6.32. The summed E-state index contributed by atoms with van der Waals surface area (Å²) in [7, 11) is 0. The van der Waals surface area contributed by atoms with Gasteiger partial charge >= 0.3 is 0 Å². The van der Waals surface area contributed by atoms with Gasteiger partial charge in [0.2, 0.25) is 5.91 Å². The summed E-state index contributed by atoms with van der Waals surface area (Å²) in [4.78, 5) is 12.4. The smallest absolute Gasteiger partial charge is 0.231 e. The second-order valence-electron chi connectivity index (χ2n) is 5.16. The first-order valence-electron chi connectivity index (χ1n) is 7.00. The van der Waals surface area contributed by atoms with Crippen LogP contribution in [0.4, 0.5) is 5.69 Å². The minimum atomic E-state index is -0.111. The van der Waals surface area contributed by atoms with E-state index >= 15 is 0 Å². The Balaban J connectivity index is 1.98. The highest BCUT2D eigenvalue weighted by atomic mass is 127. The van der Waals surface area contributed by atoms with Gasteiger partial charge < -0.3 is 15.4 Å². The number of nitrogens with one attached hydrogen (secondary N) is 2. The van der Waals surface area contributed by atoms with E-state index in [0.717, 1.165) is 22.2 Å². The molecule has 4 nitrogen and oxygen atoms in total. The van der Waals surface area contributed by atoms with Crippen LogP contribution in [0.1, 0.15) is 18.9 Å². The zero-order chi connectivity index (χ0) is 14.5. The van der Waals surface area contributed by atoms with Gasteiger partial charge in [-0.25, -0.2) is 0 Å². The first-order valence-corrected chi connectivity index (χ1v) is 8.08. The quantitative estimate of drug-likeness (QED) is 0.763. The summed E-state index contributed by atoms with van der Waals surface area (Å²) in [5, 5.41) is 6.38. The number of anilines is 1. The van der Waals surface area contributed by atoms with Crippen LogP contribution in [0.2, 0.25) is 0 Å². The molecule has 1 aliphatic rings. The van der Waals surface area contributed by atoms with Crippen LogP contribution in [0.3, 0.4) is 0 Å². The number of benzene rings is 1. The molecule has 2 unspecified atom stereocenters. The van der Waals surface area contributed by atoms with Gasteiger partial charge in [0.25, 0.3) is 0 Å². The SMILES string of the molecule is CCCNC1COCC1C(=O)Nc1ccc(C)c(I)c1. The number of rotatable bonds is 5. The lowest BCUT2D eigenvalue weighted by molar-refractivity contribution is -0.120. The van der Waals surface area contributed by atoms with Crippen LogP contribution >= 0.6 is 22.6 Å². The standard InChI is InChI=1S/C15H21IN2O2/c1-3-6-17-14-9-20-8-12(14)15(19)18-11-5-4-10(2)13(16)7-11/h4-5,7,12,14,17H,3,6,8-9H2,1-2H3,(H,18,19). The summed E-state index contributed by atoms with van der Waals surface area (Å²) in [6.45, 7) is 6.20. The predicted molar refractivity (Wildman–Crippen MR) is 88.9 cm³/mol. The fourth-order valence-electron chi connectivity index (χ4n) is 2.25. The highest BCUT2D eigenvalue weighted by Gasteiger charge is 2.33. The normalized spacial score (nSPS) is 21.9. The van der Waals surface area contributed by atoms with Crippen molar-refractivity contribution in [3.63, 3.8) is 0 Å². The lowest BCUT2D eigenvalue weighted by Crippen LogP contribution is -2.41. The van der Waals surface area contributed by atoms with Gasteiger partial charge in [0.05, 0.1) is 19.1 Å². The van der Waals surface area contributed by atoms with Crippen molar-refractivity contribution in [3.8, 4) is 0 Å². The molecule has 1 heterocycles. The molecule has 20 heavy (non-hydrogen) atoms. The number of carbonyl (C=O) groups is 1. The molecule has 0 bridgehead atoms. The minimum Gasteiger partial charge on any atom is -0.379 e. The number of hydrogen-bond donors (Lipinski definition) is 2. The maximum absolute atomic E-state index is 12.4. The third-order valence-corrected chi connectivity index (χ3v) is 4.68. The van der Waals surface area contributed by atoms with E-state index in [4.69, 9.17) is 4.74 Å². The van der Waals surface area contributed by atoms with E-state index in [1.165, 1.54) is 5.56 Å². The molecule has 1 amide bonds. The summed E-state index contributed by atoms with van der Waals surface area (Å²) in [5.74, 6) is -0.0729. The van der Waals surface area contributed by atoms with Crippen molar-refractivity contribution in [1.82, 2.24) is 5.32 Å². The molecule has 2 rings (SSSR count). The Labute approximate surface area is 133 Å². The zero-order valence-corrected chi connectivity index (χ0v) is 14.1. The van der Waals surface area contributed by atoms with Crippen molar-refractivity contribution in [1.29, 1.82) is 0 Å². The molecule has 0 radical (unpaired) electrons. The molecule has 2 atom stereocenters. The van der Waals surface area contributed by atoms with Crippen LogP contribution < -0.4 is 10.6 Å². The van der Waals surface area contributed by atoms with Crippen molar-refractivity contribution in [2.45, 2.75) is 26.3 Å². The van der Waals surface area contributed by atoms with Crippen molar-refractivity contribution < 1.29 is 9.53 Å². The Hall–Kier alpha value is -0.660.